The molecule has 3 fully saturated rings. The summed E-state index contributed by atoms with van der Waals surface area (Å²) in [5.41, 5.74) is 0.655. The second-order valence-corrected chi connectivity index (χ2v) is 7.85. The van der Waals surface area contributed by atoms with Gasteiger partial charge in [-0.15, -0.1) is 0 Å². The molecule has 1 aromatic heterocycles. The SMILES string of the molecule is CC(C)N1CC2(CN(C(=O)c3cccnc3)CC3CC(O)CN32)C1. The van der Waals surface area contributed by atoms with Gasteiger partial charge in [0.25, 0.3) is 5.91 Å². The first-order valence-corrected chi connectivity index (χ1v) is 8.87. The third kappa shape index (κ3) is 2.53. The number of nitrogens with zero attached hydrogens (tertiary/aromatic N) is 4. The van der Waals surface area contributed by atoms with Crippen LogP contribution in [-0.2, 0) is 0 Å². The third-order valence-electron chi connectivity index (χ3n) is 5.84. The molecule has 0 bridgehead atoms. The third-order valence-corrected chi connectivity index (χ3v) is 5.84. The Bertz CT molecular complexity index is 615. The van der Waals surface area contributed by atoms with E-state index < -0.39 is 0 Å². The van der Waals surface area contributed by atoms with E-state index in [0.29, 0.717) is 18.2 Å². The van der Waals surface area contributed by atoms with Crippen LogP contribution in [0.4, 0.5) is 0 Å². The molecule has 6 nitrogen and oxygen atoms in total. The minimum absolute atomic E-state index is 0.00252. The molecular weight excluding hydrogens is 304 g/mol. The quantitative estimate of drug-likeness (QED) is 0.852. The zero-order valence-corrected chi connectivity index (χ0v) is 14.4. The highest BCUT2D eigenvalue weighted by Crippen LogP contribution is 2.39. The largest absolute Gasteiger partial charge is 0.392 e. The highest BCUT2D eigenvalue weighted by molar-refractivity contribution is 5.94. The van der Waals surface area contributed by atoms with Crippen molar-refractivity contribution < 1.29 is 9.90 Å². The van der Waals surface area contributed by atoms with Crippen LogP contribution in [-0.4, -0.2) is 87.1 Å². The van der Waals surface area contributed by atoms with Gasteiger partial charge in [0.1, 0.15) is 0 Å². The Balaban J connectivity index is 1.57. The standard InChI is InChI=1S/C18H26N4O2/c1-13(2)21-11-18(12-21)10-20(8-15-6-16(23)9-22(15)18)17(24)14-4-3-5-19-7-14/h3-5,7,13,15-16,23H,6,8-12H2,1-2H3. The van der Waals surface area contributed by atoms with Crippen LogP contribution in [0.15, 0.2) is 24.5 Å². The lowest BCUT2D eigenvalue weighted by Crippen LogP contribution is -2.79. The lowest BCUT2D eigenvalue weighted by molar-refractivity contribution is -0.115. The van der Waals surface area contributed by atoms with E-state index in [4.69, 9.17) is 0 Å². The van der Waals surface area contributed by atoms with Gasteiger partial charge in [-0.2, -0.15) is 0 Å². The number of carbonyl (C=O) groups excluding carboxylic acids is 1. The predicted molar refractivity (Wildman–Crippen MR) is 90.7 cm³/mol. The summed E-state index contributed by atoms with van der Waals surface area (Å²) in [4.78, 5) is 23.9. The van der Waals surface area contributed by atoms with Crippen molar-refractivity contribution in [2.75, 3.05) is 32.7 Å². The number of hydrogen-bond donors (Lipinski definition) is 1. The molecule has 4 rings (SSSR count). The van der Waals surface area contributed by atoms with Gasteiger partial charge in [0.05, 0.1) is 17.2 Å². The van der Waals surface area contributed by atoms with Gasteiger partial charge >= 0.3 is 0 Å². The van der Waals surface area contributed by atoms with Crippen LogP contribution in [0.2, 0.25) is 0 Å². The first-order valence-electron chi connectivity index (χ1n) is 8.87. The van der Waals surface area contributed by atoms with Gasteiger partial charge in [-0.05, 0) is 32.4 Å². The molecule has 6 heteroatoms. The number of fused-ring (bicyclic) bond motifs is 2. The van der Waals surface area contributed by atoms with E-state index in [2.05, 4.69) is 28.6 Å². The molecule has 0 saturated carbocycles. The van der Waals surface area contributed by atoms with Gasteiger partial charge in [0.2, 0.25) is 0 Å². The summed E-state index contributed by atoms with van der Waals surface area (Å²) in [6.45, 7) is 8.57. The maximum Gasteiger partial charge on any atom is 0.255 e. The van der Waals surface area contributed by atoms with Crippen LogP contribution in [0.3, 0.4) is 0 Å². The molecule has 1 aromatic rings. The van der Waals surface area contributed by atoms with Crippen molar-refractivity contribution in [3.8, 4) is 0 Å². The van der Waals surface area contributed by atoms with Gasteiger partial charge in [0.15, 0.2) is 0 Å². The van der Waals surface area contributed by atoms with E-state index in [0.717, 1.165) is 32.6 Å². The molecule has 4 heterocycles. The number of piperazine rings is 1. The van der Waals surface area contributed by atoms with Crippen LogP contribution in [0.1, 0.15) is 30.6 Å². The fourth-order valence-corrected chi connectivity index (χ4v) is 4.59. The number of carbonyl (C=O) groups is 1. The van der Waals surface area contributed by atoms with Crippen LogP contribution >= 0.6 is 0 Å². The van der Waals surface area contributed by atoms with Gasteiger partial charge in [-0.3, -0.25) is 19.6 Å². The molecule has 1 spiro atoms. The number of likely N-dealkylation sites (tertiary alicyclic amines) is 1. The molecule has 2 atom stereocenters. The molecule has 130 valence electrons. The van der Waals surface area contributed by atoms with Crippen molar-refractivity contribution in [1.82, 2.24) is 19.7 Å². The molecule has 3 aliphatic rings. The van der Waals surface area contributed by atoms with Crippen molar-refractivity contribution in [3.05, 3.63) is 30.1 Å². The van der Waals surface area contributed by atoms with Crippen LogP contribution in [0, 0.1) is 0 Å². The number of amides is 1. The molecule has 2 unspecified atom stereocenters. The summed E-state index contributed by atoms with van der Waals surface area (Å²) in [6.07, 6.45) is 3.83. The van der Waals surface area contributed by atoms with Crippen molar-refractivity contribution in [3.63, 3.8) is 0 Å². The van der Waals surface area contributed by atoms with Crippen LogP contribution in [0.5, 0.6) is 0 Å². The lowest BCUT2D eigenvalue weighted by Gasteiger charge is -2.62. The van der Waals surface area contributed by atoms with Gasteiger partial charge in [-0.25, -0.2) is 0 Å². The molecule has 0 aromatic carbocycles. The van der Waals surface area contributed by atoms with Crippen LogP contribution in [0.25, 0.3) is 0 Å². The minimum atomic E-state index is -0.270. The molecule has 3 saturated heterocycles. The number of aliphatic hydroxyl groups is 1. The Morgan fingerprint density at radius 2 is 2.12 bits per heavy atom. The molecule has 1 N–H and O–H groups in total. The first kappa shape index (κ1) is 16.0. The van der Waals surface area contributed by atoms with E-state index in [-0.39, 0.29) is 23.6 Å². The number of aliphatic hydroxyl groups excluding tert-OH is 1. The first-order chi connectivity index (χ1) is 11.5. The zero-order chi connectivity index (χ0) is 16.9. The fourth-order valence-electron chi connectivity index (χ4n) is 4.59. The number of aromatic nitrogens is 1. The molecular formula is C18H26N4O2. The summed E-state index contributed by atoms with van der Waals surface area (Å²) >= 11 is 0. The maximum absolute atomic E-state index is 12.9. The summed E-state index contributed by atoms with van der Waals surface area (Å²) in [5.74, 6) is 0.0616. The average Bonchev–Trinajstić information content (AvgIpc) is 2.92. The Kier molecular flexibility index (Phi) is 3.86. The molecule has 24 heavy (non-hydrogen) atoms. The Hall–Kier alpha value is -1.50. The molecule has 0 aliphatic carbocycles. The Morgan fingerprint density at radius 1 is 1.33 bits per heavy atom. The Morgan fingerprint density at radius 3 is 2.79 bits per heavy atom. The topological polar surface area (TPSA) is 59.9 Å². The normalized spacial score (nSPS) is 29.8. The monoisotopic (exact) mass is 330 g/mol. The highest BCUT2D eigenvalue weighted by Gasteiger charge is 2.57. The van der Waals surface area contributed by atoms with Crippen molar-refractivity contribution in [2.24, 2.45) is 0 Å². The maximum atomic E-state index is 12.9. The number of rotatable bonds is 2. The van der Waals surface area contributed by atoms with Crippen molar-refractivity contribution in [2.45, 2.75) is 44.0 Å². The van der Waals surface area contributed by atoms with E-state index in [1.54, 1.807) is 12.4 Å². The van der Waals surface area contributed by atoms with E-state index in [1.807, 2.05) is 17.0 Å². The fraction of sp³-hybridized carbons (Fsp3) is 0.667. The van der Waals surface area contributed by atoms with Crippen molar-refractivity contribution >= 4 is 5.91 Å². The second kappa shape index (κ2) is 5.79. The number of pyridine rings is 1. The summed E-state index contributed by atoms with van der Waals surface area (Å²) in [6, 6.07) is 4.43. The lowest BCUT2D eigenvalue weighted by atomic mass is 9.82. The van der Waals surface area contributed by atoms with Gasteiger partial charge < -0.3 is 10.0 Å². The molecule has 0 radical (unpaired) electrons. The highest BCUT2D eigenvalue weighted by atomic mass is 16.3. The molecule has 3 aliphatic heterocycles. The second-order valence-electron chi connectivity index (χ2n) is 7.85. The summed E-state index contributed by atoms with van der Waals surface area (Å²) in [7, 11) is 0. The summed E-state index contributed by atoms with van der Waals surface area (Å²) < 4.78 is 0. The minimum Gasteiger partial charge on any atom is -0.392 e. The van der Waals surface area contributed by atoms with Gasteiger partial charge in [0, 0.05) is 57.2 Å². The van der Waals surface area contributed by atoms with E-state index in [9.17, 15) is 9.90 Å². The molecule has 1 amide bonds. The number of hydrogen-bond acceptors (Lipinski definition) is 5. The summed E-state index contributed by atoms with van der Waals surface area (Å²) in [5, 5.41) is 10.2. The van der Waals surface area contributed by atoms with Crippen LogP contribution < -0.4 is 0 Å². The Labute approximate surface area is 143 Å². The van der Waals surface area contributed by atoms with Gasteiger partial charge in [-0.1, -0.05) is 0 Å². The smallest absolute Gasteiger partial charge is 0.255 e. The van der Waals surface area contributed by atoms with E-state index in [1.165, 1.54) is 0 Å². The zero-order valence-electron chi connectivity index (χ0n) is 14.4. The van der Waals surface area contributed by atoms with E-state index >= 15 is 0 Å². The predicted octanol–water partition coefficient (Wildman–Crippen LogP) is 0.435. The van der Waals surface area contributed by atoms with Crippen molar-refractivity contribution in [1.29, 1.82) is 0 Å². The average molecular weight is 330 g/mol. The number of β-amino-alcohol motifs (C(OH)–C–C–N with tert-alkyl or cyclic N) is 1.